The van der Waals surface area contributed by atoms with Crippen molar-refractivity contribution in [2.75, 3.05) is 7.11 Å². The number of rotatable bonds is 8. The molecule has 0 aliphatic rings. The third-order valence-electron chi connectivity index (χ3n) is 4.05. The van der Waals surface area contributed by atoms with E-state index >= 15 is 0 Å². The highest BCUT2D eigenvalue weighted by atomic mass is 32.2. The second-order valence-corrected chi connectivity index (χ2v) is 8.20. The van der Waals surface area contributed by atoms with E-state index in [1.54, 1.807) is 0 Å². The highest BCUT2D eigenvalue weighted by Crippen LogP contribution is 2.25. The molecule has 6 nitrogen and oxygen atoms in total. The van der Waals surface area contributed by atoms with Crippen LogP contribution < -0.4 is 14.8 Å². The van der Waals surface area contributed by atoms with E-state index in [4.69, 9.17) is 4.74 Å². The molecule has 0 radical (unpaired) electrons. The highest BCUT2D eigenvalue weighted by molar-refractivity contribution is 7.89. The van der Waals surface area contributed by atoms with Crippen LogP contribution in [0.4, 0.5) is 0 Å². The molecule has 0 saturated heterocycles. The molecule has 7 heteroatoms. The van der Waals surface area contributed by atoms with Crippen molar-refractivity contribution < 1.29 is 17.9 Å². The fraction of sp³-hybridized carbons (Fsp3) is 0.350. The number of carbonyl (C=O) groups excluding carboxylic acids is 1. The number of hydrogen-bond acceptors (Lipinski definition) is 4. The molecule has 1 amide bonds. The first kappa shape index (κ1) is 20.9. The van der Waals surface area contributed by atoms with E-state index in [9.17, 15) is 13.2 Å². The maximum absolute atomic E-state index is 12.9. The van der Waals surface area contributed by atoms with Crippen LogP contribution in [-0.4, -0.2) is 27.5 Å². The first-order valence-electron chi connectivity index (χ1n) is 8.84. The van der Waals surface area contributed by atoms with Gasteiger partial charge in [-0.2, -0.15) is 0 Å². The van der Waals surface area contributed by atoms with Crippen LogP contribution in [0.1, 0.15) is 49.2 Å². The van der Waals surface area contributed by atoms with Crippen LogP contribution in [0.5, 0.6) is 5.75 Å². The Morgan fingerprint density at radius 2 is 1.78 bits per heavy atom. The molecule has 0 aromatic heterocycles. The lowest BCUT2D eigenvalue weighted by atomic mass is 10.1. The highest BCUT2D eigenvalue weighted by Gasteiger charge is 2.23. The van der Waals surface area contributed by atoms with Gasteiger partial charge in [-0.1, -0.05) is 37.3 Å². The van der Waals surface area contributed by atoms with Crippen molar-refractivity contribution >= 4 is 15.9 Å². The molecule has 1 atom stereocenters. The normalized spacial score (nSPS) is 12.6. The summed E-state index contributed by atoms with van der Waals surface area (Å²) in [7, 11) is -2.37. The summed E-state index contributed by atoms with van der Waals surface area (Å²) in [6.45, 7) is 5.58. The zero-order chi connectivity index (χ0) is 20.0. The summed E-state index contributed by atoms with van der Waals surface area (Å²) in [5.74, 6) is -0.0591. The van der Waals surface area contributed by atoms with Gasteiger partial charge in [-0.25, -0.2) is 13.1 Å². The van der Waals surface area contributed by atoms with E-state index < -0.39 is 10.0 Å². The molecule has 0 aliphatic heterocycles. The van der Waals surface area contributed by atoms with Gasteiger partial charge in [0.1, 0.15) is 5.75 Å². The van der Waals surface area contributed by atoms with Gasteiger partial charge in [0.25, 0.3) is 5.91 Å². The summed E-state index contributed by atoms with van der Waals surface area (Å²) in [6, 6.07) is 13.2. The van der Waals surface area contributed by atoms with Gasteiger partial charge in [0, 0.05) is 12.1 Å². The lowest BCUT2D eigenvalue weighted by molar-refractivity contribution is 0.0940. The minimum absolute atomic E-state index is 0.0200. The van der Waals surface area contributed by atoms with Crippen molar-refractivity contribution in [3.05, 3.63) is 59.7 Å². The number of benzene rings is 2. The van der Waals surface area contributed by atoms with Crippen molar-refractivity contribution in [3.8, 4) is 5.75 Å². The predicted molar refractivity (Wildman–Crippen MR) is 105 cm³/mol. The van der Waals surface area contributed by atoms with E-state index in [0.29, 0.717) is 12.2 Å². The summed E-state index contributed by atoms with van der Waals surface area (Å²) in [5.41, 5.74) is 1.07. The molecule has 0 spiro atoms. The first-order valence-corrected chi connectivity index (χ1v) is 10.3. The van der Waals surface area contributed by atoms with Crippen LogP contribution in [0.15, 0.2) is 53.4 Å². The van der Waals surface area contributed by atoms with E-state index in [1.165, 1.54) is 25.3 Å². The standard InChI is InChI=1S/C20H26N2O4S/c1-5-18(15-9-7-6-8-10-15)22-27(24,25)16-11-12-19(26-4)17(13-16)20(23)21-14(2)3/h6-14,18,22H,5H2,1-4H3,(H,21,23). The second kappa shape index (κ2) is 9.01. The fourth-order valence-corrected chi connectivity index (χ4v) is 4.03. The smallest absolute Gasteiger partial charge is 0.255 e. The van der Waals surface area contributed by atoms with Crippen LogP contribution in [0, 0.1) is 0 Å². The Morgan fingerprint density at radius 1 is 1.11 bits per heavy atom. The van der Waals surface area contributed by atoms with Gasteiger partial charge in [0.2, 0.25) is 10.0 Å². The molecule has 0 aliphatic carbocycles. The Labute approximate surface area is 161 Å². The van der Waals surface area contributed by atoms with Crippen LogP contribution in [0.2, 0.25) is 0 Å². The Kier molecular flexibility index (Phi) is 6.98. The molecule has 27 heavy (non-hydrogen) atoms. The van der Waals surface area contributed by atoms with Crippen molar-refractivity contribution in [1.29, 1.82) is 0 Å². The molecule has 2 aromatic carbocycles. The molecule has 0 bridgehead atoms. The molecule has 0 fully saturated rings. The monoisotopic (exact) mass is 390 g/mol. The van der Waals surface area contributed by atoms with E-state index in [1.807, 2.05) is 51.1 Å². The molecule has 0 saturated carbocycles. The zero-order valence-corrected chi connectivity index (χ0v) is 16.8. The number of carbonyl (C=O) groups is 1. The third-order valence-corrected chi connectivity index (χ3v) is 5.52. The Bertz CT molecular complexity index is 880. The summed E-state index contributed by atoms with van der Waals surface area (Å²) in [6.07, 6.45) is 0.597. The quantitative estimate of drug-likeness (QED) is 0.725. The molecular weight excluding hydrogens is 364 g/mol. The SMILES string of the molecule is CCC(NS(=O)(=O)c1ccc(OC)c(C(=O)NC(C)C)c1)c1ccccc1. The Balaban J connectivity index is 2.36. The molecular formula is C20H26N2O4S. The maximum Gasteiger partial charge on any atom is 0.255 e. The van der Waals surface area contributed by atoms with E-state index in [2.05, 4.69) is 10.0 Å². The summed E-state index contributed by atoms with van der Waals surface area (Å²) >= 11 is 0. The average molecular weight is 391 g/mol. The zero-order valence-electron chi connectivity index (χ0n) is 16.0. The summed E-state index contributed by atoms with van der Waals surface area (Å²) < 4.78 is 33.7. The molecule has 2 rings (SSSR count). The van der Waals surface area contributed by atoms with Crippen LogP contribution in [0.3, 0.4) is 0 Å². The maximum atomic E-state index is 12.9. The van der Waals surface area contributed by atoms with Crippen LogP contribution in [0.25, 0.3) is 0 Å². The lowest BCUT2D eigenvalue weighted by Crippen LogP contribution is -2.31. The van der Waals surface area contributed by atoms with Gasteiger partial charge in [-0.3, -0.25) is 4.79 Å². The Hall–Kier alpha value is -2.38. The number of amides is 1. The molecule has 2 N–H and O–H groups in total. The van der Waals surface area contributed by atoms with Gasteiger partial charge in [0.15, 0.2) is 0 Å². The number of nitrogens with one attached hydrogen (secondary N) is 2. The largest absolute Gasteiger partial charge is 0.496 e. The summed E-state index contributed by atoms with van der Waals surface area (Å²) in [5, 5.41) is 2.76. The Morgan fingerprint density at radius 3 is 2.33 bits per heavy atom. The van der Waals surface area contributed by atoms with Gasteiger partial charge >= 0.3 is 0 Å². The average Bonchev–Trinajstić information content (AvgIpc) is 2.65. The lowest BCUT2D eigenvalue weighted by Gasteiger charge is -2.18. The fourth-order valence-electron chi connectivity index (χ4n) is 2.70. The molecule has 1 unspecified atom stereocenters. The predicted octanol–water partition coefficient (Wildman–Crippen LogP) is 3.26. The second-order valence-electron chi connectivity index (χ2n) is 6.48. The van der Waals surface area contributed by atoms with Gasteiger partial charge in [-0.15, -0.1) is 0 Å². The van der Waals surface area contributed by atoms with Crippen LogP contribution >= 0.6 is 0 Å². The molecule has 2 aromatic rings. The van der Waals surface area contributed by atoms with Crippen molar-refractivity contribution in [1.82, 2.24) is 10.0 Å². The van der Waals surface area contributed by atoms with Gasteiger partial charge in [0.05, 0.1) is 17.6 Å². The van der Waals surface area contributed by atoms with Gasteiger partial charge < -0.3 is 10.1 Å². The van der Waals surface area contributed by atoms with E-state index in [-0.39, 0.29) is 28.4 Å². The van der Waals surface area contributed by atoms with Crippen molar-refractivity contribution in [2.24, 2.45) is 0 Å². The summed E-state index contributed by atoms with van der Waals surface area (Å²) in [4.78, 5) is 12.4. The number of sulfonamides is 1. The van der Waals surface area contributed by atoms with Crippen molar-refractivity contribution in [2.45, 2.75) is 44.2 Å². The van der Waals surface area contributed by atoms with Gasteiger partial charge in [-0.05, 0) is 44.0 Å². The molecule has 146 valence electrons. The number of methoxy groups -OCH3 is 1. The van der Waals surface area contributed by atoms with Crippen molar-refractivity contribution in [3.63, 3.8) is 0 Å². The third kappa shape index (κ3) is 5.30. The van der Waals surface area contributed by atoms with Crippen LogP contribution in [-0.2, 0) is 10.0 Å². The topological polar surface area (TPSA) is 84.5 Å². The number of hydrogen-bond donors (Lipinski definition) is 2. The van der Waals surface area contributed by atoms with E-state index in [0.717, 1.165) is 5.56 Å². The minimum atomic E-state index is -3.81. The number of ether oxygens (including phenoxy) is 1. The molecule has 0 heterocycles. The first-order chi connectivity index (χ1) is 12.8. The minimum Gasteiger partial charge on any atom is -0.496 e.